The third kappa shape index (κ3) is 62.4. The number of hydrogen-bond acceptors (Lipinski definition) is 3. The van der Waals surface area contributed by atoms with Crippen molar-refractivity contribution >= 4 is 5.91 Å². The molecule has 1 amide bonds. The van der Waals surface area contributed by atoms with Gasteiger partial charge in [0.1, 0.15) is 0 Å². The summed E-state index contributed by atoms with van der Waals surface area (Å²) in [6.45, 7) is 4.21. The first-order valence-corrected chi connectivity index (χ1v) is 33.8. The SMILES string of the molecule is CC/C=C\C/C=C\C/C=C\C/C=C\CCCCCCCCCCCCCCCCCCCCCCCCC(=O)NC(CO)C(O)/C=C/CC/C=C/CC/C=C/CCCCCCCCCCCCCCCCCCCCC. The summed E-state index contributed by atoms with van der Waals surface area (Å²) in [6.07, 6.45) is 98.1. The lowest BCUT2D eigenvalue weighted by atomic mass is 10.0. The van der Waals surface area contributed by atoms with E-state index in [0.29, 0.717) is 6.42 Å². The fourth-order valence-electron chi connectivity index (χ4n) is 10.3. The van der Waals surface area contributed by atoms with Crippen molar-refractivity contribution in [3.8, 4) is 0 Å². The first-order chi connectivity index (χ1) is 37.7. The zero-order chi connectivity index (χ0) is 54.8. The Hall–Kier alpha value is -2.43. The van der Waals surface area contributed by atoms with Gasteiger partial charge in [0.05, 0.1) is 18.8 Å². The second-order valence-electron chi connectivity index (χ2n) is 22.8. The number of amides is 1. The van der Waals surface area contributed by atoms with Crippen LogP contribution in [-0.4, -0.2) is 34.9 Å². The van der Waals surface area contributed by atoms with Crippen molar-refractivity contribution in [3.05, 3.63) is 85.1 Å². The first-order valence-electron chi connectivity index (χ1n) is 33.8. The van der Waals surface area contributed by atoms with E-state index >= 15 is 0 Å². The smallest absolute Gasteiger partial charge is 0.220 e. The summed E-state index contributed by atoms with van der Waals surface area (Å²) in [4.78, 5) is 12.5. The number of hydrogen-bond donors (Lipinski definition) is 3. The van der Waals surface area contributed by atoms with Crippen LogP contribution >= 0.6 is 0 Å². The lowest BCUT2D eigenvalue weighted by molar-refractivity contribution is -0.123. The second-order valence-corrected chi connectivity index (χ2v) is 22.8. The Bertz CT molecular complexity index is 1340. The number of unbranched alkanes of at least 4 members (excludes halogenated alkanes) is 43. The Kier molecular flexibility index (Phi) is 64.7. The Morgan fingerprint density at radius 2 is 0.592 bits per heavy atom. The highest BCUT2D eigenvalue weighted by Gasteiger charge is 2.18. The van der Waals surface area contributed by atoms with Crippen LogP contribution in [0.4, 0.5) is 0 Å². The minimum atomic E-state index is -0.874. The molecular formula is C72H131NO3. The van der Waals surface area contributed by atoms with Gasteiger partial charge in [0.15, 0.2) is 0 Å². The average molecular weight is 1060 g/mol. The summed E-state index contributed by atoms with van der Waals surface area (Å²) < 4.78 is 0. The van der Waals surface area contributed by atoms with Gasteiger partial charge in [0.2, 0.25) is 5.91 Å². The predicted octanol–water partition coefficient (Wildman–Crippen LogP) is 23.0. The molecule has 0 spiro atoms. The normalized spacial score (nSPS) is 13.3. The maximum atomic E-state index is 12.5. The van der Waals surface area contributed by atoms with Crippen molar-refractivity contribution in [3.63, 3.8) is 0 Å². The van der Waals surface area contributed by atoms with Crippen molar-refractivity contribution in [2.24, 2.45) is 0 Å². The van der Waals surface area contributed by atoms with Crippen LogP contribution in [0.5, 0.6) is 0 Å². The lowest BCUT2D eigenvalue weighted by Crippen LogP contribution is -2.45. The van der Waals surface area contributed by atoms with Gasteiger partial charge in [-0.25, -0.2) is 0 Å². The number of aliphatic hydroxyl groups is 2. The number of rotatable bonds is 62. The van der Waals surface area contributed by atoms with Gasteiger partial charge in [-0.2, -0.15) is 0 Å². The average Bonchev–Trinajstić information content (AvgIpc) is 3.42. The molecule has 0 aromatic heterocycles. The monoisotopic (exact) mass is 1060 g/mol. The van der Waals surface area contributed by atoms with Crippen molar-refractivity contribution < 1.29 is 15.0 Å². The van der Waals surface area contributed by atoms with Gasteiger partial charge >= 0.3 is 0 Å². The van der Waals surface area contributed by atoms with Gasteiger partial charge in [-0.1, -0.05) is 343 Å². The molecule has 2 unspecified atom stereocenters. The standard InChI is InChI=1S/C72H131NO3/c1-3-5-7-9-11-13-15-17-19-21-23-25-27-29-31-33-34-35-36-37-38-40-42-44-46-48-50-52-54-56-58-60-62-64-66-68-72(76)73-70(69-74)71(75)67-65-63-61-59-57-55-53-51-49-47-45-43-41-39-32-30-28-26-24-22-20-18-16-14-12-10-8-6-4-2/h5,7,11,13,17,19,23,25,49,51,57,59,65,67,70-71,74-75H,3-4,6,8-10,12,14-16,18,20-22,24,26-48,50,52-56,58,60-64,66,68-69H2,1-2H3,(H,73,76)/b7-5-,13-11-,19-17-,25-23-,51-49+,59-57+,67-65+. The molecule has 0 heterocycles. The quantitative estimate of drug-likeness (QED) is 0.0420. The van der Waals surface area contributed by atoms with Crippen LogP contribution in [-0.2, 0) is 4.79 Å². The molecule has 442 valence electrons. The van der Waals surface area contributed by atoms with Crippen molar-refractivity contribution in [2.45, 2.75) is 360 Å². The number of nitrogens with one attached hydrogen (secondary N) is 1. The van der Waals surface area contributed by atoms with Gasteiger partial charge in [-0.3, -0.25) is 4.79 Å². The molecule has 0 radical (unpaired) electrons. The fourth-order valence-corrected chi connectivity index (χ4v) is 10.3. The number of carbonyl (C=O) groups is 1. The van der Waals surface area contributed by atoms with Gasteiger partial charge < -0.3 is 15.5 Å². The van der Waals surface area contributed by atoms with Gasteiger partial charge in [0.25, 0.3) is 0 Å². The molecule has 2 atom stereocenters. The van der Waals surface area contributed by atoms with Crippen LogP contribution in [0.2, 0.25) is 0 Å². The molecule has 4 nitrogen and oxygen atoms in total. The minimum Gasteiger partial charge on any atom is -0.394 e. The minimum absolute atomic E-state index is 0.0737. The van der Waals surface area contributed by atoms with Crippen LogP contribution in [0.3, 0.4) is 0 Å². The molecule has 76 heavy (non-hydrogen) atoms. The summed E-state index contributed by atoms with van der Waals surface area (Å²) in [5.41, 5.74) is 0. The predicted molar refractivity (Wildman–Crippen MR) is 340 cm³/mol. The zero-order valence-electron chi connectivity index (χ0n) is 51.0. The van der Waals surface area contributed by atoms with Crippen molar-refractivity contribution in [2.75, 3.05) is 6.61 Å². The van der Waals surface area contributed by atoms with E-state index in [-0.39, 0.29) is 12.5 Å². The molecule has 4 heteroatoms. The second kappa shape index (κ2) is 66.8. The third-order valence-corrected chi connectivity index (χ3v) is 15.3. The Morgan fingerprint density at radius 3 is 0.921 bits per heavy atom. The molecule has 0 aromatic rings. The largest absolute Gasteiger partial charge is 0.394 e. The van der Waals surface area contributed by atoms with E-state index in [9.17, 15) is 15.0 Å². The molecule has 0 aromatic carbocycles. The first kappa shape index (κ1) is 73.6. The molecule has 0 aliphatic rings. The summed E-state index contributed by atoms with van der Waals surface area (Å²) in [5.74, 6) is -0.0737. The van der Waals surface area contributed by atoms with Crippen molar-refractivity contribution in [1.82, 2.24) is 5.32 Å². The van der Waals surface area contributed by atoms with E-state index in [4.69, 9.17) is 0 Å². The highest BCUT2D eigenvalue weighted by molar-refractivity contribution is 5.76. The topological polar surface area (TPSA) is 69.6 Å². The van der Waals surface area contributed by atoms with Crippen molar-refractivity contribution in [1.29, 1.82) is 0 Å². The number of allylic oxidation sites excluding steroid dienone is 13. The van der Waals surface area contributed by atoms with E-state index in [1.54, 1.807) is 6.08 Å². The van der Waals surface area contributed by atoms with Gasteiger partial charge in [0, 0.05) is 6.42 Å². The maximum Gasteiger partial charge on any atom is 0.220 e. The van der Waals surface area contributed by atoms with E-state index in [0.717, 1.165) is 64.2 Å². The molecule has 0 saturated carbocycles. The molecule has 3 N–H and O–H groups in total. The van der Waals surface area contributed by atoms with Gasteiger partial charge in [-0.15, -0.1) is 0 Å². The van der Waals surface area contributed by atoms with E-state index < -0.39 is 12.1 Å². The highest BCUT2D eigenvalue weighted by atomic mass is 16.3. The third-order valence-electron chi connectivity index (χ3n) is 15.3. The molecule has 0 aliphatic heterocycles. The zero-order valence-corrected chi connectivity index (χ0v) is 51.0. The molecular weight excluding hydrogens is 927 g/mol. The molecule has 0 bridgehead atoms. The fraction of sp³-hybridized carbons (Fsp3) is 0.792. The Morgan fingerprint density at radius 1 is 0.329 bits per heavy atom. The molecule has 0 saturated heterocycles. The lowest BCUT2D eigenvalue weighted by Gasteiger charge is -2.19. The van der Waals surface area contributed by atoms with E-state index in [1.165, 1.54) is 263 Å². The molecule has 0 fully saturated rings. The highest BCUT2D eigenvalue weighted by Crippen LogP contribution is 2.18. The van der Waals surface area contributed by atoms with Crippen LogP contribution in [0.1, 0.15) is 348 Å². The van der Waals surface area contributed by atoms with Crippen LogP contribution in [0.25, 0.3) is 0 Å². The Labute approximate surface area is 475 Å². The summed E-state index contributed by atoms with van der Waals surface area (Å²) in [7, 11) is 0. The number of carbonyl (C=O) groups excluding carboxylic acids is 1. The maximum absolute atomic E-state index is 12.5. The number of aliphatic hydroxyl groups excluding tert-OH is 2. The summed E-state index contributed by atoms with van der Waals surface area (Å²) in [5, 5.41) is 23.2. The Balaban J connectivity index is 3.49. The molecule has 0 aliphatic carbocycles. The molecule has 0 rings (SSSR count). The van der Waals surface area contributed by atoms with E-state index in [2.05, 4.69) is 92.1 Å². The summed E-state index contributed by atoms with van der Waals surface area (Å²) in [6, 6.07) is -0.649. The summed E-state index contributed by atoms with van der Waals surface area (Å²) >= 11 is 0. The van der Waals surface area contributed by atoms with E-state index in [1.807, 2.05) is 6.08 Å². The van der Waals surface area contributed by atoms with Gasteiger partial charge in [-0.05, 0) is 83.5 Å². The van der Waals surface area contributed by atoms with Crippen LogP contribution in [0.15, 0.2) is 85.1 Å². The van der Waals surface area contributed by atoms with Crippen LogP contribution in [0, 0.1) is 0 Å². The van der Waals surface area contributed by atoms with Crippen LogP contribution < -0.4 is 5.32 Å².